The van der Waals surface area contributed by atoms with E-state index in [0.717, 1.165) is 34.8 Å². The third kappa shape index (κ3) is 5.01. The van der Waals surface area contributed by atoms with Crippen LogP contribution >= 0.6 is 15.9 Å². The molecule has 4 nitrogen and oxygen atoms in total. The molecular weight excluding hydrogens is 328 g/mol. The van der Waals surface area contributed by atoms with Gasteiger partial charge in [0.1, 0.15) is 18.0 Å². The first-order valence-electron chi connectivity index (χ1n) is 7.13. The first-order chi connectivity index (χ1) is 10.0. The van der Waals surface area contributed by atoms with Gasteiger partial charge in [-0.05, 0) is 37.0 Å². The zero-order valence-corrected chi connectivity index (χ0v) is 14.2. The fourth-order valence-corrected chi connectivity index (χ4v) is 2.21. The van der Waals surface area contributed by atoms with Crippen molar-refractivity contribution in [1.29, 1.82) is 0 Å². The van der Waals surface area contributed by atoms with Crippen LogP contribution < -0.4 is 10.6 Å². The van der Waals surface area contributed by atoms with Gasteiger partial charge in [0.15, 0.2) is 0 Å². The highest BCUT2D eigenvalue weighted by molar-refractivity contribution is 9.10. The molecular formula is C16H21BrN4. The lowest BCUT2D eigenvalue weighted by Crippen LogP contribution is -2.07. The van der Waals surface area contributed by atoms with Gasteiger partial charge in [-0.25, -0.2) is 9.97 Å². The van der Waals surface area contributed by atoms with Crippen LogP contribution in [-0.4, -0.2) is 16.5 Å². The monoisotopic (exact) mass is 348 g/mol. The highest BCUT2D eigenvalue weighted by Gasteiger charge is 2.02. The van der Waals surface area contributed by atoms with Gasteiger partial charge in [0.25, 0.3) is 0 Å². The van der Waals surface area contributed by atoms with Gasteiger partial charge >= 0.3 is 0 Å². The van der Waals surface area contributed by atoms with Gasteiger partial charge in [-0.3, -0.25) is 0 Å². The van der Waals surface area contributed by atoms with E-state index in [1.54, 1.807) is 6.33 Å². The number of nitrogens with zero attached hydrogens (tertiary/aromatic N) is 2. The first kappa shape index (κ1) is 15.8. The van der Waals surface area contributed by atoms with Crippen LogP contribution in [0, 0.1) is 12.8 Å². The predicted octanol–water partition coefficient (Wildman–Crippen LogP) is 4.75. The van der Waals surface area contributed by atoms with Gasteiger partial charge in [-0.1, -0.05) is 35.8 Å². The second kappa shape index (κ2) is 7.41. The maximum atomic E-state index is 4.25. The molecule has 112 valence electrons. The molecule has 0 aliphatic rings. The molecule has 0 spiro atoms. The molecule has 2 N–H and O–H groups in total. The Morgan fingerprint density at radius 3 is 2.62 bits per heavy atom. The third-order valence-corrected chi connectivity index (χ3v) is 3.99. The van der Waals surface area contributed by atoms with E-state index in [9.17, 15) is 0 Å². The number of aryl methyl sites for hydroxylation is 1. The minimum Gasteiger partial charge on any atom is -0.370 e. The van der Waals surface area contributed by atoms with Gasteiger partial charge in [-0.15, -0.1) is 0 Å². The van der Waals surface area contributed by atoms with Crippen LogP contribution in [-0.2, 0) is 0 Å². The number of halogens is 1. The summed E-state index contributed by atoms with van der Waals surface area (Å²) < 4.78 is 1.08. The molecule has 5 heteroatoms. The Balaban J connectivity index is 2.01. The lowest BCUT2D eigenvalue weighted by molar-refractivity contribution is 0.606. The number of anilines is 3. The maximum absolute atomic E-state index is 4.25. The Bertz CT molecular complexity index is 599. The lowest BCUT2D eigenvalue weighted by Gasteiger charge is -2.10. The fourth-order valence-electron chi connectivity index (χ4n) is 1.83. The average Bonchev–Trinajstić information content (AvgIpc) is 2.43. The number of hydrogen-bond donors (Lipinski definition) is 2. The van der Waals surface area contributed by atoms with Gasteiger partial charge in [0, 0.05) is 22.8 Å². The fraction of sp³-hybridized carbons (Fsp3) is 0.375. The van der Waals surface area contributed by atoms with Crippen LogP contribution in [0.15, 0.2) is 35.1 Å². The van der Waals surface area contributed by atoms with Crippen molar-refractivity contribution in [2.45, 2.75) is 27.2 Å². The van der Waals surface area contributed by atoms with Crippen molar-refractivity contribution < 1.29 is 0 Å². The molecule has 0 aliphatic carbocycles. The van der Waals surface area contributed by atoms with E-state index < -0.39 is 0 Å². The van der Waals surface area contributed by atoms with Gasteiger partial charge in [0.2, 0.25) is 0 Å². The van der Waals surface area contributed by atoms with Crippen LogP contribution in [0.2, 0.25) is 0 Å². The summed E-state index contributed by atoms with van der Waals surface area (Å²) in [7, 11) is 0. The standard InChI is InChI=1S/C16H21BrN4/c1-11(2)6-7-18-15-9-16(20-10-19-15)21-13-5-4-12(3)14(17)8-13/h4-5,8-11H,6-7H2,1-3H3,(H2,18,19,20,21). The van der Waals surface area contributed by atoms with Crippen LogP contribution in [0.5, 0.6) is 0 Å². The van der Waals surface area contributed by atoms with E-state index in [1.165, 1.54) is 5.56 Å². The summed E-state index contributed by atoms with van der Waals surface area (Å²) in [4.78, 5) is 8.49. The predicted molar refractivity (Wildman–Crippen MR) is 92.1 cm³/mol. The summed E-state index contributed by atoms with van der Waals surface area (Å²) in [6.07, 6.45) is 2.70. The second-order valence-electron chi connectivity index (χ2n) is 5.49. The number of rotatable bonds is 6. The number of benzene rings is 1. The molecule has 0 radical (unpaired) electrons. The van der Waals surface area contributed by atoms with Crippen molar-refractivity contribution >= 4 is 33.3 Å². The SMILES string of the molecule is Cc1ccc(Nc2cc(NCCC(C)C)ncn2)cc1Br. The molecule has 0 unspecified atom stereocenters. The highest BCUT2D eigenvalue weighted by atomic mass is 79.9. The molecule has 0 aliphatic heterocycles. The van der Waals surface area contributed by atoms with E-state index in [4.69, 9.17) is 0 Å². The number of nitrogens with one attached hydrogen (secondary N) is 2. The van der Waals surface area contributed by atoms with Crippen molar-refractivity contribution in [3.8, 4) is 0 Å². The minimum atomic E-state index is 0.682. The zero-order chi connectivity index (χ0) is 15.2. The van der Waals surface area contributed by atoms with Crippen molar-refractivity contribution in [2.75, 3.05) is 17.2 Å². The summed E-state index contributed by atoms with van der Waals surface area (Å²) in [6.45, 7) is 7.41. The van der Waals surface area contributed by atoms with E-state index in [2.05, 4.69) is 63.4 Å². The van der Waals surface area contributed by atoms with Gasteiger partial charge in [-0.2, -0.15) is 0 Å². The van der Waals surface area contributed by atoms with E-state index in [1.807, 2.05) is 18.2 Å². The van der Waals surface area contributed by atoms with Crippen molar-refractivity contribution in [1.82, 2.24) is 9.97 Å². The topological polar surface area (TPSA) is 49.8 Å². The summed E-state index contributed by atoms with van der Waals surface area (Å²) >= 11 is 3.54. The molecule has 0 amide bonds. The summed E-state index contributed by atoms with van der Waals surface area (Å²) in [5.41, 5.74) is 2.21. The molecule has 2 rings (SSSR count). The quantitative estimate of drug-likeness (QED) is 0.790. The normalized spacial score (nSPS) is 10.7. The third-order valence-electron chi connectivity index (χ3n) is 3.14. The molecule has 0 atom stereocenters. The van der Waals surface area contributed by atoms with Crippen molar-refractivity contribution in [2.24, 2.45) is 5.92 Å². The van der Waals surface area contributed by atoms with E-state index in [0.29, 0.717) is 5.92 Å². The second-order valence-corrected chi connectivity index (χ2v) is 6.34. The van der Waals surface area contributed by atoms with Crippen LogP contribution in [0.1, 0.15) is 25.8 Å². The molecule has 0 fully saturated rings. The molecule has 2 aromatic rings. The summed E-state index contributed by atoms with van der Waals surface area (Å²) in [5, 5.41) is 6.61. The van der Waals surface area contributed by atoms with Gasteiger partial charge < -0.3 is 10.6 Å². The largest absolute Gasteiger partial charge is 0.370 e. The molecule has 1 heterocycles. The minimum absolute atomic E-state index is 0.682. The lowest BCUT2D eigenvalue weighted by atomic mass is 10.1. The molecule has 21 heavy (non-hydrogen) atoms. The summed E-state index contributed by atoms with van der Waals surface area (Å²) in [5.74, 6) is 2.31. The Labute approximate surface area is 134 Å². The zero-order valence-electron chi connectivity index (χ0n) is 12.7. The van der Waals surface area contributed by atoms with Crippen molar-refractivity contribution in [3.05, 3.63) is 40.6 Å². The van der Waals surface area contributed by atoms with Crippen molar-refractivity contribution in [3.63, 3.8) is 0 Å². The number of aromatic nitrogens is 2. The maximum Gasteiger partial charge on any atom is 0.135 e. The highest BCUT2D eigenvalue weighted by Crippen LogP contribution is 2.23. The average molecular weight is 349 g/mol. The van der Waals surface area contributed by atoms with Gasteiger partial charge in [0.05, 0.1) is 0 Å². The Kier molecular flexibility index (Phi) is 5.56. The number of hydrogen-bond acceptors (Lipinski definition) is 4. The molecule has 1 aromatic carbocycles. The molecule has 0 bridgehead atoms. The van der Waals surface area contributed by atoms with Crippen LogP contribution in [0.4, 0.5) is 17.3 Å². The Morgan fingerprint density at radius 1 is 1.14 bits per heavy atom. The summed E-state index contributed by atoms with van der Waals surface area (Å²) in [6, 6.07) is 8.07. The Morgan fingerprint density at radius 2 is 1.90 bits per heavy atom. The van der Waals surface area contributed by atoms with Crippen LogP contribution in [0.3, 0.4) is 0 Å². The first-order valence-corrected chi connectivity index (χ1v) is 7.93. The molecule has 0 saturated heterocycles. The smallest absolute Gasteiger partial charge is 0.135 e. The van der Waals surface area contributed by atoms with E-state index >= 15 is 0 Å². The molecule has 0 saturated carbocycles. The van der Waals surface area contributed by atoms with E-state index in [-0.39, 0.29) is 0 Å². The molecule has 1 aromatic heterocycles. The van der Waals surface area contributed by atoms with Crippen LogP contribution in [0.25, 0.3) is 0 Å². The Hall–Kier alpha value is -1.62.